The number of aromatic carboxylic acids is 1. The van der Waals surface area contributed by atoms with E-state index in [9.17, 15) is 14.4 Å². The van der Waals surface area contributed by atoms with Crippen molar-refractivity contribution in [3.8, 4) is 0 Å². The third kappa shape index (κ3) is 1.90. The zero-order chi connectivity index (χ0) is 12.8. The Bertz CT molecular complexity index is 578. The number of carboxylic acids is 1. The predicted molar refractivity (Wildman–Crippen MR) is 60.3 cm³/mol. The molecule has 92 valence electrons. The fourth-order valence-corrected chi connectivity index (χ4v) is 2.04. The van der Waals surface area contributed by atoms with Gasteiger partial charge in [-0.3, -0.25) is 14.3 Å². The van der Waals surface area contributed by atoms with Gasteiger partial charge in [0.1, 0.15) is 5.56 Å². The van der Waals surface area contributed by atoms with Crippen LogP contribution in [0.2, 0.25) is 0 Å². The van der Waals surface area contributed by atoms with Crippen molar-refractivity contribution in [1.29, 1.82) is 0 Å². The molecule has 6 nitrogen and oxygen atoms in total. The fourth-order valence-electron chi connectivity index (χ4n) is 2.04. The summed E-state index contributed by atoms with van der Waals surface area (Å²) in [5.41, 5.74) is -2.29. The second-order valence-corrected chi connectivity index (χ2v) is 4.91. The van der Waals surface area contributed by atoms with Crippen LogP contribution in [0.15, 0.2) is 15.8 Å². The Morgan fingerprint density at radius 2 is 2.06 bits per heavy atom. The Morgan fingerprint density at radius 1 is 1.47 bits per heavy atom. The summed E-state index contributed by atoms with van der Waals surface area (Å²) in [5, 5.41) is 8.87. The van der Waals surface area contributed by atoms with Gasteiger partial charge in [0.05, 0.1) is 0 Å². The molecule has 0 spiro atoms. The van der Waals surface area contributed by atoms with E-state index in [0.29, 0.717) is 5.92 Å². The van der Waals surface area contributed by atoms with E-state index in [1.807, 2.05) is 18.8 Å². The average Bonchev–Trinajstić information content (AvgIpc) is 2.99. The molecular weight excluding hydrogens is 224 g/mol. The number of hydrogen-bond acceptors (Lipinski definition) is 3. The number of rotatable bonds is 3. The summed E-state index contributed by atoms with van der Waals surface area (Å²) in [5.74, 6) is -0.973. The first kappa shape index (κ1) is 11.6. The first-order valence-electron chi connectivity index (χ1n) is 5.44. The second kappa shape index (κ2) is 3.58. The number of H-pyrrole nitrogens is 1. The Hall–Kier alpha value is -1.85. The Kier molecular flexibility index (Phi) is 2.45. The fraction of sp³-hybridized carbons (Fsp3) is 0.545. The third-order valence-electron chi connectivity index (χ3n) is 3.37. The zero-order valence-electron chi connectivity index (χ0n) is 9.69. The van der Waals surface area contributed by atoms with Crippen molar-refractivity contribution in [2.45, 2.75) is 32.2 Å². The molecule has 2 N–H and O–H groups in total. The molecule has 0 saturated heterocycles. The molecule has 1 saturated carbocycles. The van der Waals surface area contributed by atoms with Crippen LogP contribution in [-0.2, 0) is 5.54 Å². The van der Waals surface area contributed by atoms with Gasteiger partial charge in [-0.15, -0.1) is 0 Å². The van der Waals surface area contributed by atoms with Crippen LogP contribution in [0.5, 0.6) is 0 Å². The summed E-state index contributed by atoms with van der Waals surface area (Å²) in [6, 6.07) is 0. The van der Waals surface area contributed by atoms with Crippen LogP contribution in [0.4, 0.5) is 0 Å². The minimum Gasteiger partial charge on any atom is -0.477 e. The highest BCUT2D eigenvalue weighted by atomic mass is 16.4. The molecule has 0 unspecified atom stereocenters. The van der Waals surface area contributed by atoms with Gasteiger partial charge in [-0.25, -0.2) is 9.59 Å². The molecule has 0 aliphatic heterocycles. The number of carbonyl (C=O) groups is 1. The molecule has 17 heavy (non-hydrogen) atoms. The van der Waals surface area contributed by atoms with Crippen molar-refractivity contribution < 1.29 is 9.90 Å². The van der Waals surface area contributed by atoms with Gasteiger partial charge in [0.2, 0.25) is 0 Å². The highest BCUT2D eigenvalue weighted by Crippen LogP contribution is 2.43. The topological polar surface area (TPSA) is 92.2 Å². The maximum Gasteiger partial charge on any atom is 0.342 e. The Labute approximate surface area is 96.9 Å². The molecule has 6 heteroatoms. The first-order valence-corrected chi connectivity index (χ1v) is 5.44. The molecule has 1 aromatic rings. The van der Waals surface area contributed by atoms with E-state index < -0.39 is 28.3 Å². The Morgan fingerprint density at radius 3 is 2.53 bits per heavy atom. The molecule has 1 heterocycles. The number of aromatic nitrogens is 2. The highest BCUT2D eigenvalue weighted by Gasteiger charge is 2.40. The predicted octanol–water partition coefficient (Wildman–Crippen LogP) is 0.380. The zero-order valence-corrected chi connectivity index (χ0v) is 9.69. The maximum absolute atomic E-state index is 11.7. The lowest BCUT2D eigenvalue weighted by Gasteiger charge is -2.27. The van der Waals surface area contributed by atoms with Crippen molar-refractivity contribution in [2.75, 3.05) is 0 Å². The van der Waals surface area contributed by atoms with Crippen molar-refractivity contribution >= 4 is 5.97 Å². The molecule has 0 amide bonds. The monoisotopic (exact) mass is 238 g/mol. The van der Waals surface area contributed by atoms with E-state index in [1.165, 1.54) is 4.57 Å². The molecule has 0 atom stereocenters. The van der Waals surface area contributed by atoms with Crippen molar-refractivity contribution in [3.05, 3.63) is 32.6 Å². The van der Waals surface area contributed by atoms with Crippen LogP contribution in [0.3, 0.4) is 0 Å². The summed E-state index contributed by atoms with van der Waals surface area (Å²) in [4.78, 5) is 35.9. The van der Waals surface area contributed by atoms with Crippen LogP contribution in [0, 0.1) is 5.92 Å². The summed E-state index contributed by atoms with van der Waals surface area (Å²) in [6.45, 7) is 3.74. The quantitative estimate of drug-likeness (QED) is 0.796. The molecular formula is C11H14N2O4. The molecule has 0 bridgehead atoms. The van der Waals surface area contributed by atoms with E-state index in [1.54, 1.807) is 0 Å². The van der Waals surface area contributed by atoms with Crippen molar-refractivity contribution in [3.63, 3.8) is 0 Å². The molecule has 0 radical (unpaired) electrons. The number of carboxylic acid groups (broad SMARTS) is 1. The molecule has 2 rings (SSSR count). The molecule has 1 aliphatic rings. The number of hydrogen-bond donors (Lipinski definition) is 2. The Balaban J connectivity index is 2.62. The summed E-state index contributed by atoms with van der Waals surface area (Å²) in [6.07, 6.45) is 3.17. The summed E-state index contributed by atoms with van der Waals surface area (Å²) in [7, 11) is 0. The van der Waals surface area contributed by atoms with Gasteiger partial charge >= 0.3 is 11.7 Å². The largest absolute Gasteiger partial charge is 0.477 e. The van der Waals surface area contributed by atoms with Gasteiger partial charge < -0.3 is 5.11 Å². The lowest BCUT2D eigenvalue weighted by Crippen LogP contribution is -2.43. The first-order chi connectivity index (χ1) is 7.84. The molecule has 1 aromatic heterocycles. The lowest BCUT2D eigenvalue weighted by atomic mass is 9.98. The van der Waals surface area contributed by atoms with Crippen LogP contribution in [0.25, 0.3) is 0 Å². The van der Waals surface area contributed by atoms with Gasteiger partial charge in [0.25, 0.3) is 5.56 Å². The highest BCUT2D eigenvalue weighted by molar-refractivity contribution is 5.86. The number of aromatic amines is 1. The van der Waals surface area contributed by atoms with Crippen molar-refractivity contribution in [1.82, 2.24) is 9.55 Å². The summed E-state index contributed by atoms with van der Waals surface area (Å²) >= 11 is 0. The lowest BCUT2D eigenvalue weighted by molar-refractivity contribution is 0.0692. The third-order valence-corrected chi connectivity index (χ3v) is 3.37. The van der Waals surface area contributed by atoms with Crippen LogP contribution < -0.4 is 11.2 Å². The van der Waals surface area contributed by atoms with Gasteiger partial charge in [0.15, 0.2) is 0 Å². The average molecular weight is 238 g/mol. The van der Waals surface area contributed by atoms with Crippen LogP contribution >= 0.6 is 0 Å². The SMILES string of the molecule is CC(C)(C1CC1)n1cc(C(=O)O)c(=O)[nH]c1=O. The van der Waals surface area contributed by atoms with Crippen molar-refractivity contribution in [2.24, 2.45) is 5.92 Å². The van der Waals surface area contributed by atoms with E-state index in [-0.39, 0.29) is 0 Å². The number of nitrogens with zero attached hydrogens (tertiary/aromatic N) is 1. The molecule has 0 aromatic carbocycles. The normalized spacial score (nSPS) is 15.9. The minimum atomic E-state index is -1.33. The van der Waals surface area contributed by atoms with E-state index in [0.717, 1.165) is 19.0 Å². The maximum atomic E-state index is 11.7. The van der Waals surface area contributed by atoms with Crippen LogP contribution in [-0.4, -0.2) is 20.6 Å². The standard InChI is InChI=1S/C11H14N2O4/c1-11(2,6-3-4-6)13-5-7(9(15)16)8(14)12-10(13)17/h5-6H,3-4H2,1-2H3,(H,15,16)(H,12,14,17). The molecule has 1 fully saturated rings. The second-order valence-electron chi connectivity index (χ2n) is 4.91. The van der Waals surface area contributed by atoms with E-state index in [4.69, 9.17) is 5.11 Å². The minimum absolute atomic E-state index is 0.354. The number of nitrogens with one attached hydrogen (secondary N) is 1. The van der Waals surface area contributed by atoms with E-state index >= 15 is 0 Å². The smallest absolute Gasteiger partial charge is 0.342 e. The van der Waals surface area contributed by atoms with E-state index in [2.05, 4.69) is 0 Å². The van der Waals surface area contributed by atoms with Crippen LogP contribution in [0.1, 0.15) is 37.0 Å². The van der Waals surface area contributed by atoms with Gasteiger partial charge in [-0.1, -0.05) is 0 Å². The van der Waals surface area contributed by atoms with Gasteiger partial charge in [-0.2, -0.15) is 0 Å². The van der Waals surface area contributed by atoms with Gasteiger partial charge in [-0.05, 0) is 32.6 Å². The molecule has 1 aliphatic carbocycles. The summed E-state index contributed by atoms with van der Waals surface area (Å²) < 4.78 is 1.32. The van der Waals surface area contributed by atoms with Gasteiger partial charge in [0, 0.05) is 11.7 Å².